The minimum atomic E-state index is -1.82. The van der Waals surface area contributed by atoms with Crippen LogP contribution in [0.25, 0.3) is 60.1 Å². The molecule has 2 fully saturated rings. The largest absolute Gasteiger partial charge is 0.497 e. The van der Waals surface area contributed by atoms with Gasteiger partial charge in [-0.3, -0.25) is 24.0 Å². The van der Waals surface area contributed by atoms with Gasteiger partial charge >= 0.3 is 0 Å². The van der Waals surface area contributed by atoms with E-state index >= 15 is 0 Å². The molecule has 0 bridgehead atoms. The highest BCUT2D eigenvalue weighted by Crippen LogP contribution is 2.51. The number of hydrogen-bond donors (Lipinski definition) is 2. The Hall–Kier alpha value is -10.2. The number of rotatable bonds is 12. The van der Waals surface area contributed by atoms with Crippen molar-refractivity contribution in [3.8, 4) is 23.0 Å². The van der Waals surface area contributed by atoms with E-state index in [2.05, 4.69) is 49.9 Å². The summed E-state index contributed by atoms with van der Waals surface area (Å²) in [5.74, 6) is 1.02. The molecule has 0 radical (unpaired) electrons. The Morgan fingerprint density at radius 2 is 1.07 bits per heavy atom. The first kappa shape index (κ1) is 76.5. The standard InChI is InChI=1S/C22H16ClNO4.C20H24N2O3Si.C13H11ClN2O4.C12H10ClNO2.C11H7ClN2O3/c1-11-6-7-16-14(10-15(21(23)24-16)22-27-8-9-28-22)17(11)18-19(25)12-4-2-3-5-13(12)20(18)26;1-25-16-6-5-13-11(18(16)21)9-12-14(23)7-10-8-15(24)20(26(2,3)4)17(10)19(12)22-13;1-18-10-3-2-9-7(11(10)16-17)6-8(12(14)15-9)13-19-4-5-20-13;1-7(15)10-6-8-5-9(16-2)3-4-11(8)14-12(10)13;1-17-9-3-2-8-7(10(9)14-16)4-6(5-15)11(12)13-8/h2-7,10,18,22H,8-9H2,1H3;5-6,9-10,14,23H,7-8,21H2,1-4H3;2-3,6,13H,4-5H2,1H3;3-6H,1-2H3;2-5H,1H3. The number of ether oxygens (including phenoxy) is 8. The van der Waals surface area contributed by atoms with Crippen LogP contribution in [0.15, 0.2) is 137 Å². The van der Waals surface area contributed by atoms with E-state index in [0.717, 1.165) is 60.5 Å². The Morgan fingerprint density at radius 3 is 1.60 bits per heavy atom. The van der Waals surface area contributed by atoms with E-state index in [9.17, 15) is 38.9 Å². The molecule has 24 nitrogen and oxygen atoms in total. The monoisotopic (exact) mass is 1540 g/mol. The summed E-state index contributed by atoms with van der Waals surface area (Å²) in [5.41, 5.74) is 17.2. The summed E-state index contributed by atoms with van der Waals surface area (Å²) in [7, 11) is 4.27. The molecule has 2 aliphatic heterocycles. The fraction of sp³-hybridized carbons (Fsp3) is 0.256. The summed E-state index contributed by atoms with van der Waals surface area (Å²) in [6, 6.07) is 35.0. The van der Waals surface area contributed by atoms with Crippen molar-refractivity contribution in [3.63, 3.8) is 0 Å². The van der Waals surface area contributed by atoms with Crippen LogP contribution in [0.4, 0.5) is 17.1 Å². The van der Waals surface area contributed by atoms with Gasteiger partial charge in [0.05, 0.1) is 119 Å². The van der Waals surface area contributed by atoms with E-state index in [1.54, 1.807) is 87.0 Å². The number of fused-ring (bicyclic) bond motifs is 9. The van der Waals surface area contributed by atoms with Crippen LogP contribution in [0.2, 0.25) is 40.3 Å². The second kappa shape index (κ2) is 32.1. The van der Waals surface area contributed by atoms with Gasteiger partial charge in [-0.15, -0.1) is 9.81 Å². The van der Waals surface area contributed by atoms with Gasteiger partial charge in [0, 0.05) is 61.2 Å². The number of nitrogens with two attached hydrogens (primary N) is 1. The molecule has 11 aromatic rings. The minimum absolute atomic E-state index is 0.0762. The van der Waals surface area contributed by atoms with Crippen LogP contribution in [0.5, 0.6) is 23.0 Å². The number of allylic oxidation sites excluding steroid dienone is 2. The zero-order valence-electron chi connectivity index (χ0n) is 59.0. The lowest BCUT2D eigenvalue weighted by molar-refractivity contribution is -0.115. The number of nitrogen functional groups attached to an aromatic ring is 1. The van der Waals surface area contributed by atoms with Crippen molar-refractivity contribution in [2.45, 2.75) is 70.9 Å². The summed E-state index contributed by atoms with van der Waals surface area (Å²) in [5, 5.41) is 21.9. The van der Waals surface area contributed by atoms with E-state index < -0.39 is 32.7 Å². The SMILES string of the molecule is COc1ccc2nc(Cl)c(C(C)=O)cc2c1.COc1ccc2nc(Cl)c(C3OCCO3)cc2c1N=O.COc1ccc2nc(Cl)c(C=O)cc2c1N=O.COc1ccc2nc3c(cc2c1N)C(O)CC1CC(=O)C([Si](C)(C)C)=C31.Cc1ccc2nc(Cl)c(C3OCCO3)cc2c1C1C(=O)c2ccccc2C1=O. The van der Waals surface area contributed by atoms with Gasteiger partial charge in [0.15, 0.2) is 53.4 Å². The van der Waals surface area contributed by atoms with E-state index in [1.807, 2.05) is 49.4 Å². The Balaban J connectivity index is 0.000000127. The molecule has 2 atom stereocenters. The average molecular weight is 1540 g/mol. The average Bonchev–Trinajstić information content (AvgIpc) is 1.62. The number of ketones is 4. The lowest BCUT2D eigenvalue weighted by atomic mass is 9.81. The van der Waals surface area contributed by atoms with Gasteiger partial charge in [-0.25, -0.2) is 24.9 Å². The van der Waals surface area contributed by atoms with E-state index in [1.165, 1.54) is 27.2 Å². The number of hydrogen-bond acceptors (Lipinski definition) is 24. The Labute approximate surface area is 632 Å². The summed E-state index contributed by atoms with van der Waals surface area (Å²) in [6.45, 7) is 11.9. The number of aromatic nitrogens is 5. The first-order valence-electron chi connectivity index (χ1n) is 33.4. The maximum Gasteiger partial charge on any atom is 0.187 e. The minimum Gasteiger partial charge on any atom is -0.497 e. The number of aliphatic hydroxyl groups is 1. The van der Waals surface area contributed by atoms with Crippen molar-refractivity contribution in [1.82, 2.24) is 24.9 Å². The predicted molar refractivity (Wildman–Crippen MR) is 411 cm³/mol. The molecule has 7 heterocycles. The van der Waals surface area contributed by atoms with Gasteiger partial charge in [-0.1, -0.05) is 96.4 Å². The number of halogens is 4. The van der Waals surface area contributed by atoms with Gasteiger partial charge in [0.25, 0.3) is 0 Å². The Bertz CT molecular complexity index is 5480. The van der Waals surface area contributed by atoms with E-state index in [-0.39, 0.29) is 61.4 Å². The van der Waals surface area contributed by atoms with Crippen molar-refractivity contribution >= 4 is 161 Å². The number of pyridine rings is 5. The molecule has 2 saturated heterocycles. The molecule has 3 aliphatic carbocycles. The number of anilines is 1. The normalized spacial score (nSPS) is 16.2. The van der Waals surface area contributed by atoms with Crippen LogP contribution in [0, 0.1) is 22.7 Å². The molecule has 5 aromatic heterocycles. The van der Waals surface area contributed by atoms with Crippen LogP contribution in [0.3, 0.4) is 0 Å². The third-order valence-corrected chi connectivity index (χ3v) is 21.9. The number of aryl methyl sites for hydroxylation is 1. The van der Waals surface area contributed by atoms with E-state index in [4.69, 9.17) is 95.0 Å². The van der Waals surface area contributed by atoms with Crippen molar-refractivity contribution < 1.29 is 67.0 Å². The van der Waals surface area contributed by atoms with Crippen molar-refractivity contribution in [2.75, 3.05) is 60.6 Å². The number of Topliss-reactive ketones (excluding diaryl/α,β-unsaturated/α-hetero) is 4. The number of benzene rings is 6. The second-order valence-electron chi connectivity index (χ2n) is 26.2. The quantitative estimate of drug-likeness (QED) is 0.0218. The van der Waals surface area contributed by atoms with Gasteiger partial charge < -0.3 is 48.7 Å². The molecule has 6 aromatic carbocycles. The maximum absolute atomic E-state index is 13.1. The molecule has 5 aliphatic rings. The number of carbonyl (C=O) groups is 5. The third kappa shape index (κ3) is 15.2. The molecule has 16 rings (SSSR count). The van der Waals surface area contributed by atoms with Crippen molar-refractivity contribution in [2.24, 2.45) is 16.3 Å². The van der Waals surface area contributed by atoms with Gasteiger partial charge in [0.2, 0.25) is 0 Å². The van der Waals surface area contributed by atoms with E-state index in [0.29, 0.717) is 134 Å². The van der Waals surface area contributed by atoms with Gasteiger partial charge in [-0.05, 0) is 149 Å². The number of methoxy groups -OCH3 is 4. The molecule has 107 heavy (non-hydrogen) atoms. The van der Waals surface area contributed by atoms with Gasteiger partial charge in [0.1, 0.15) is 49.5 Å². The first-order chi connectivity index (χ1) is 51.3. The van der Waals surface area contributed by atoms with Crippen molar-refractivity contribution in [3.05, 3.63) is 213 Å². The summed E-state index contributed by atoms with van der Waals surface area (Å²) in [6.07, 6.45) is -0.150. The summed E-state index contributed by atoms with van der Waals surface area (Å²) < 4.78 is 42.5. The zero-order chi connectivity index (χ0) is 76.4. The molecule has 548 valence electrons. The lowest BCUT2D eigenvalue weighted by Crippen LogP contribution is -2.28. The third-order valence-electron chi connectivity index (χ3n) is 18.7. The molecule has 0 saturated carbocycles. The number of nitroso groups, excluding NO2 is 2. The zero-order valence-corrected chi connectivity index (χ0v) is 63.1. The van der Waals surface area contributed by atoms with Gasteiger partial charge in [-0.2, -0.15) is 0 Å². The smallest absolute Gasteiger partial charge is 0.187 e. The molecule has 3 N–H and O–H groups in total. The van der Waals surface area contributed by atoms with Crippen LogP contribution >= 0.6 is 46.4 Å². The molecule has 0 amide bonds. The Kier molecular flexibility index (Phi) is 23.0. The number of aldehydes is 1. The van der Waals surface area contributed by atoms with Crippen LogP contribution < -0.4 is 24.7 Å². The maximum atomic E-state index is 13.1. The number of nitrogens with zero attached hydrogens (tertiary/aromatic N) is 7. The number of aliphatic hydroxyl groups excluding tert-OH is 1. The molecule has 0 spiro atoms. The molecular weight excluding hydrogens is 1470 g/mol. The highest BCUT2D eigenvalue weighted by Gasteiger charge is 2.45. The van der Waals surface area contributed by atoms with Crippen LogP contribution in [-0.4, -0.2) is 122 Å². The fourth-order valence-electron chi connectivity index (χ4n) is 13.7. The summed E-state index contributed by atoms with van der Waals surface area (Å²) in [4.78, 5) is 105. The molecule has 2 unspecified atom stereocenters. The predicted octanol–water partition coefficient (Wildman–Crippen LogP) is 17.4. The first-order valence-corrected chi connectivity index (χ1v) is 38.4. The topological polar surface area (TPSA) is 329 Å². The van der Waals surface area contributed by atoms with Crippen LogP contribution in [-0.2, 0) is 23.7 Å². The molecule has 29 heteroatoms. The van der Waals surface area contributed by atoms with Crippen molar-refractivity contribution in [1.29, 1.82) is 0 Å². The Morgan fingerprint density at radius 1 is 0.589 bits per heavy atom. The highest BCUT2D eigenvalue weighted by molar-refractivity contribution is 6.88. The second-order valence-corrected chi connectivity index (χ2v) is 32.7. The lowest BCUT2D eigenvalue weighted by Gasteiger charge is -2.30. The fourth-order valence-corrected chi connectivity index (χ4v) is 16.7. The number of carbonyl (C=O) groups excluding carboxylic acids is 5. The van der Waals surface area contributed by atoms with Crippen LogP contribution in [0.1, 0.15) is 119 Å². The summed E-state index contributed by atoms with van der Waals surface area (Å²) >= 11 is 24.2. The highest BCUT2D eigenvalue weighted by atomic mass is 35.5. The molecular formula is C78H68Cl4N8O16Si.